The second-order valence-electron chi connectivity index (χ2n) is 9.62. The van der Waals surface area contributed by atoms with Crippen LogP contribution in [0.4, 0.5) is 0 Å². The number of fused-ring (bicyclic) bond motifs is 6. The van der Waals surface area contributed by atoms with Crippen molar-refractivity contribution < 1.29 is 35.3 Å². The van der Waals surface area contributed by atoms with Crippen LogP contribution in [-0.4, -0.2) is 20.6 Å². The summed E-state index contributed by atoms with van der Waals surface area (Å²) in [4.78, 5) is 8.92. The average Bonchev–Trinajstić information content (AvgIpc) is 3.54. The van der Waals surface area contributed by atoms with Crippen LogP contribution in [0.1, 0.15) is 11.5 Å². The molecule has 2 aliphatic rings. The van der Waals surface area contributed by atoms with Crippen LogP contribution in [0, 0.1) is 12.1 Å². The van der Waals surface area contributed by atoms with Crippen molar-refractivity contribution in [3.8, 4) is 34.7 Å². The van der Waals surface area contributed by atoms with Crippen molar-refractivity contribution in [1.82, 2.24) is 14.5 Å². The molecule has 0 spiro atoms. The Hall–Kier alpha value is -4.67. The van der Waals surface area contributed by atoms with Gasteiger partial charge in [-0.15, -0.1) is 23.6 Å². The molecule has 1 aliphatic heterocycles. The van der Waals surface area contributed by atoms with Gasteiger partial charge in [-0.05, 0) is 35.7 Å². The third kappa shape index (κ3) is 4.41. The number of allylic oxidation sites excluding steroid dienone is 2. The van der Waals surface area contributed by atoms with Crippen molar-refractivity contribution in [2.45, 2.75) is 12.0 Å². The number of ether oxygens (including phenoxy) is 3. The molecular weight excluding hydrogens is 693 g/mol. The van der Waals surface area contributed by atoms with Gasteiger partial charge in [-0.1, -0.05) is 65.7 Å². The molecule has 41 heavy (non-hydrogen) atoms. The number of hydrogen-bond acceptors (Lipinski definition) is 5. The monoisotopic (exact) mass is 714 g/mol. The molecule has 7 heteroatoms. The van der Waals surface area contributed by atoms with E-state index in [1.807, 2.05) is 72.8 Å². The topological polar surface area (TPSA) is 58.4 Å². The van der Waals surface area contributed by atoms with Gasteiger partial charge >= 0.3 is 21.1 Å². The molecular formula is C34H21N3O3Pt. The van der Waals surface area contributed by atoms with E-state index >= 15 is 0 Å². The zero-order valence-electron chi connectivity index (χ0n) is 21.5. The summed E-state index contributed by atoms with van der Waals surface area (Å²) in [6.45, 7) is 0. The molecule has 0 saturated carbocycles. The van der Waals surface area contributed by atoms with Crippen LogP contribution in [0.15, 0.2) is 116 Å². The first-order valence-electron chi connectivity index (χ1n) is 13.1. The fraction of sp³-hybridized carbons (Fsp3) is 0.0588. The van der Waals surface area contributed by atoms with Gasteiger partial charge in [0.25, 0.3) is 0 Å². The van der Waals surface area contributed by atoms with Crippen LogP contribution in [0.2, 0.25) is 0 Å². The molecule has 0 saturated heterocycles. The van der Waals surface area contributed by atoms with E-state index in [0.29, 0.717) is 28.9 Å². The zero-order chi connectivity index (χ0) is 26.5. The Bertz CT molecular complexity index is 1950. The van der Waals surface area contributed by atoms with Crippen molar-refractivity contribution in [3.63, 3.8) is 0 Å². The van der Waals surface area contributed by atoms with Crippen molar-refractivity contribution >= 4 is 21.8 Å². The first-order chi connectivity index (χ1) is 19.8. The van der Waals surface area contributed by atoms with E-state index in [1.54, 1.807) is 12.4 Å². The van der Waals surface area contributed by atoms with E-state index in [9.17, 15) is 0 Å². The van der Waals surface area contributed by atoms with Gasteiger partial charge in [-0.3, -0.25) is 0 Å². The molecule has 1 aliphatic carbocycles. The number of nitrogens with zero attached hydrogens (tertiary/aromatic N) is 3. The standard InChI is InChI=1S/C34H21N3O3.Pt/c1-3-11-28-24(9-1)25-16-15-22(20-29(25)37(28)32-13-5-7-17-35-32)38-31-21-23(39-33-14-6-8-18-36-33)19-27-26-10-2-4-12-30(26)40-34(27)31;/h1-19,26,30H;/q-2;+2. The van der Waals surface area contributed by atoms with Crippen molar-refractivity contribution in [3.05, 3.63) is 133 Å². The van der Waals surface area contributed by atoms with E-state index in [-0.39, 0.29) is 33.1 Å². The van der Waals surface area contributed by atoms with Gasteiger partial charge in [0, 0.05) is 41.4 Å². The van der Waals surface area contributed by atoms with Crippen LogP contribution in [0.3, 0.4) is 0 Å². The quantitative estimate of drug-likeness (QED) is 0.171. The summed E-state index contributed by atoms with van der Waals surface area (Å²) in [5, 5.41) is 2.18. The summed E-state index contributed by atoms with van der Waals surface area (Å²) in [5.74, 6) is 3.47. The van der Waals surface area contributed by atoms with Crippen LogP contribution < -0.4 is 14.2 Å². The van der Waals surface area contributed by atoms with Gasteiger partial charge < -0.3 is 18.8 Å². The fourth-order valence-corrected chi connectivity index (χ4v) is 5.44. The number of hydrogen-bond donors (Lipinski definition) is 0. The van der Waals surface area contributed by atoms with E-state index in [4.69, 9.17) is 14.2 Å². The molecule has 0 amide bonds. The molecule has 0 fully saturated rings. The maximum absolute atomic E-state index is 6.48. The van der Waals surface area contributed by atoms with Crippen molar-refractivity contribution in [2.75, 3.05) is 0 Å². The van der Waals surface area contributed by atoms with Crippen LogP contribution in [0.25, 0.3) is 27.6 Å². The summed E-state index contributed by atoms with van der Waals surface area (Å²) < 4.78 is 21.0. The molecule has 8 rings (SSSR count). The minimum atomic E-state index is -0.112. The molecule has 3 aromatic carbocycles. The maximum atomic E-state index is 6.48. The first kappa shape index (κ1) is 25.3. The van der Waals surface area contributed by atoms with E-state index in [0.717, 1.165) is 33.2 Å². The smallest absolute Gasteiger partial charge is 0.540 e. The number of rotatable bonds is 5. The maximum Gasteiger partial charge on any atom is 2.00 e. The Balaban J connectivity index is 0.00000276. The Morgan fingerprint density at radius 3 is 2.44 bits per heavy atom. The molecule has 200 valence electrons. The summed E-state index contributed by atoms with van der Waals surface area (Å²) in [6, 6.07) is 32.4. The minimum absolute atomic E-state index is 0. The second-order valence-corrected chi connectivity index (χ2v) is 9.62. The predicted octanol–water partition coefficient (Wildman–Crippen LogP) is 7.73. The predicted molar refractivity (Wildman–Crippen MR) is 153 cm³/mol. The molecule has 6 aromatic rings. The van der Waals surface area contributed by atoms with Gasteiger partial charge in [0.05, 0.1) is 11.5 Å². The fourth-order valence-electron chi connectivity index (χ4n) is 5.44. The van der Waals surface area contributed by atoms with Crippen LogP contribution in [0.5, 0.6) is 28.9 Å². The van der Waals surface area contributed by atoms with Crippen LogP contribution in [-0.2, 0) is 21.1 Å². The van der Waals surface area contributed by atoms with Gasteiger partial charge in [0.2, 0.25) is 5.88 Å². The number of para-hydroxylation sites is 1. The summed E-state index contributed by atoms with van der Waals surface area (Å²) >= 11 is 0. The summed E-state index contributed by atoms with van der Waals surface area (Å²) in [6.07, 6.45) is 11.6. The van der Waals surface area contributed by atoms with E-state index in [1.165, 1.54) is 0 Å². The van der Waals surface area contributed by atoms with E-state index in [2.05, 4.69) is 57.0 Å². The molecule has 2 atom stereocenters. The Morgan fingerprint density at radius 1 is 0.756 bits per heavy atom. The minimum Gasteiger partial charge on any atom is -0.540 e. The molecule has 6 nitrogen and oxygen atoms in total. The molecule has 0 radical (unpaired) electrons. The summed E-state index contributed by atoms with van der Waals surface area (Å²) in [5.41, 5.74) is 2.90. The molecule has 0 bridgehead atoms. The molecule has 4 heterocycles. The van der Waals surface area contributed by atoms with Crippen molar-refractivity contribution in [1.29, 1.82) is 0 Å². The van der Waals surface area contributed by atoms with Gasteiger partial charge in [0.1, 0.15) is 11.9 Å². The van der Waals surface area contributed by atoms with Gasteiger partial charge in [0.15, 0.2) is 0 Å². The third-order valence-electron chi connectivity index (χ3n) is 7.19. The summed E-state index contributed by atoms with van der Waals surface area (Å²) in [7, 11) is 0. The van der Waals surface area contributed by atoms with Crippen molar-refractivity contribution in [2.24, 2.45) is 0 Å². The number of benzene rings is 3. The molecule has 3 aromatic heterocycles. The molecule has 0 N–H and O–H groups in total. The second kappa shape index (κ2) is 10.4. The zero-order valence-corrected chi connectivity index (χ0v) is 23.8. The Labute approximate surface area is 250 Å². The first-order valence-corrected chi connectivity index (χ1v) is 13.1. The van der Waals surface area contributed by atoms with Gasteiger partial charge in [-0.2, -0.15) is 6.07 Å². The number of pyridine rings is 2. The normalized spacial score (nSPS) is 16.6. The Kier molecular flexibility index (Phi) is 6.41. The SMILES string of the molecule is [Pt+2].[c-]1c(Oc2ccccn2)cc2c(c1Oc1[c-]c3c(cc1)c1ccccc1n3-c1ccccn1)OC1C=CC=CC21. The van der Waals surface area contributed by atoms with E-state index < -0.39 is 0 Å². The van der Waals surface area contributed by atoms with Gasteiger partial charge in [-0.25, -0.2) is 9.97 Å². The average molecular weight is 715 g/mol. The van der Waals surface area contributed by atoms with Crippen LogP contribution >= 0.6 is 0 Å². The molecule has 2 unspecified atom stereocenters. The third-order valence-corrected chi connectivity index (χ3v) is 7.19. The largest absolute Gasteiger partial charge is 2.00 e. The Morgan fingerprint density at radius 2 is 1.59 bits per heavy atom. The number of aromatic nitrogens is 3.